The van der Waals surface area contributed by atoms with Crippen molar-refractivity contribution in [2.45, 2.75) is 64.1 Å². The summed E-state index contributed by atoms with van der Waals surface area (Å²) >= 11 is 0. The van der Waals surface area contributed by atoms with Gasteiger partial charge in [0, 0.05) is 24.2 Å². The number of piperidine rings is 1. The van der Waals surface area contributed by atoms with Gasteiger partial charge in [-0.3, -0.25) is 4.90 Å². The first-order valence-electron chi connectivity index (χ1n) is 7.10. The van der Waals surface area contributed by atoms with Gasteiger partial charge in [-0.25, -0.2) is 0 Å². The molecule has 2 aliphatic rings. The van der Waals surface area contributed by atoms with Gasteiger partial charge in [-0.1, -0.05) is 13.8 Å². The number of aliphatic hydroxyl groups is 1. The standard InChI is InChI=1S/C14H28N2O/c1-10-6-11(2)12(3)16(8-10)13-4-5-14(15,7-13)9-17/h10-13,17H,4-9,15H2,1-3H3. The number of likely N-dealkylation sites (tertiary alicyclic amines) is 1. The van der Waals surface area contributed by atoms with Crippen LogP contribution in [0.1, 0.15) is 46.5 Å². The van der Waals surface area contributed by atoms with E-state index in [9.17, 15) is 5.11 Å². The summed E-state index contributed by atoms with van der Waals surface area (Å²) in [7, 11) is 0. The second-order valence-electron chi connectivity index (χ2n) is 6.67. The molecule has 1 saturated heterocycles. The highest BCUT2D eigenvalue weighted by atomic mass is 16.3. The van der Waals surface area contributed by atoms with Crippen LogP contribution in [0.15, 0.2) is 0 Å². The summed E-state index contributed by atoms with van der Waals surface area (Å²) in [6.07, 6.45) is 4.44. The Labute approximate surface area is 105 Å². The third kappa shape index (κ3) is 2.67. The molecule has 5 atom stereocenters. The van der Waals surface area contributed by atoms with Crippen LogP contribution in [0.3, 0.4) is 0 Å². The molecule has 100 valence electrons. The second-order valence-corrected chi connectivity index (χ2v) is 6.67. The molecular formula is C14H28N2O. The lowest BCUT2D eigenvalue weighted by Gasteiger charge is -2.44. The molecule has 0 amide bonds. The molecule has 1 saturated carbocycles. The summed E-state index contributed by atoms with van der Waals surface area (Å²) in [6, 6.07) is 1.25. The van der Waals surface area contributed by atoms with Gasteiger partial charge in [-0.15, -0.1) is 0 Å². The average Bonchev–Trinajstić information content (AvgIpc) is 2.67. The van der Waals surface area contributed by atoms with Gasteiger partial charge in [-0.2, -0.15) is 0 Å². The Kier molecular flexibility index (Phi) is 3.81. The zero-order chi connectivity index (χ0) is 12.6. The third-order valence-corrected chi connectivity index (χ3v) is 5.04. The second kappa shape index (κ2) is 4.87. The van der Waals surface area contributed by atoms with Gasteiger partial charge in [0.05, 0.1) is 6.61 Å². The maximum Gasteiger partial charge on any atom is 0.0611 e. The predicted octanol–water partition coefficient (Wildman–Crippen LogP) is 1.60. The fourth-order valence-corrected chi connectivity index (χ4v) is 3.79. The summed E-state index contributed by atoms with van der Waals surface area (Å²) in [5, 5.41) is 9.37. The van der Waals surface area contributed by atoms with Crippen molar-refractivity contribution < 1.29 is 5.11 Å². The van der Waals surface area contributed by atoms with E-state index in [-0.39, 0.29) is 12.1 Å². The minimum Gasteiger partial charge on any atom is -0.394 e. The fourth-order valence-electron chi connectivity index (χ4n) is 3.79. The summed E-state index contributed by atoms with van der Waals surface area (Å²) in [5.41, 5.74) is 5.88. The van der Waals surface area contributed by atoms with Crippen molar-refractivity contribution in [3.05, 3.63) is 0 Å². The zero-order valence-corrected chi connectivity index (χ0v) is 11.5. The number of rotatable bonds is 2. The van der Waals surface area contributed by atoms with E-state index in [2.05, 4.69) is 25.7 Å². The molecule has 3 heteroatoms. The van der Waals surface area contributed by atoms with Crippen LogP contribution < -0.4 is 5.73 Å². The van der Waals surface area contributed by atoms with Crippen molar-refractivity contribution >= 4 is 0 Å². The van der Waals surface area contributed by atoms with Gasteiger partial charge in [0.2, 0.25) is 0 Å². The lowest BCUT2D eigenvalue weighted by atomic mass is 9.84. The monoisotopic (exact) mass is 240 g/mol. The maximum absolute atomic E-state index is 9.37. The summed E-state index contributed by atoms with van der Waals surface area (Å²) in [5.74, 6) is 1.57. The quantitative estimate of drug-likeness (QED) is 0.771. The van der Waals surface area contributed by atoms with Crippen molar-refractivity contribution in [1.82, 2.24) is 4.90 Å². The minimum atomic E-state index is -0.311. The lowest BCUT2D eigenvalue weighted by Crippen LogP contribution is -2.51. The van der Waals surface area contributed by atoms with Gasteiger partial charge in [0.15, 0.2) is 0 Å². The molecule has 3 nitrogen and oxygen atoms in total. The molecular weight excluding hydrogens is 212 g/mol. The van der Waals surface area contributed by atoms with Crippen LogP contribution in [0.5, 0.6) is 0 Å². The molecule has 1 aliphatic carbocycles. The van der Waals surface area contributed by atoms with E-state index in [1.807, 2.05) is 0 Å². The molecule has 5 unspecified atom stereocenters. The van der Waals surface area contributed by atoms with E-state index < -0.39 is 0 Å². The Morgan fingerprint density at radius 3 is 2.65 bits per heavy atom. The highest BCUT2D eigenvalue weighted by molar-refractivity contribution is 4.99. The van der Waals surface area contributed by atoms with Crippen molar-refractivity contribution in [2.75, 3.05) is 13.2 Å². The first-order chi connectivity index (χ1) is 7.95. The molecule has 1 aliphatic heterocycles. The Hall–Kier alpha value is -0.120. The third-order valence-electron chi connectivity index (χ3n) is 5.04. The van der Waals surface area contributed by atoms with Crippen LogP contribution in [0.25, 0.3) is 0 Å². The largest absolute Gasteiger partial charge is 0.394 e. The molecule has 1 heterocycles. The Morgan fingerprint density at radius 2 is 2.06 bits per heavy atom. The molecule has 17 heavy (non-hydrogen) atoms. The molecule has 0 spiro atoms. The van der Waals surface area contributed by atoms with E-state index >= 15 is 0 Å². The van der Waals surface area contributed by atoms with E-state index in [4.69, 9.17) is 5.73 Å². The van der Waals surface area contributed by atoms with E-state index in [1.54, 1.807) is 0 Å². The molecule has 0 aromatic rings. The van der Waals surface area contributed by atoms with Gasteiger partial charge in [0.25, 0.3) is 0 Å². The summed E-state index contributed by atoms with van der Waals surface area (Å²) in [6.45, 7) is 8.41. The first kappa shape index (κ1) is 13.3. The van der Waals surface area contributed by atoms with E-state index in [0.717, 1.165) is 31.1 Å². The molecule has 0 aromatic carbocycles. The van der Waals surface area contributed by atoms with Crippen LogP contribution >= 0.6 is 0 Å². The Balaban J connectivity index is 2.02. The van der Waals surface area contributed by atoms with Gasteiger partial charge in [0.1, 0.15) is 0 Å². The van der Waals surface area contributed by atoms with E-state index in [0.29, 0.717) is 12.1 Å². The predicted molar refractivity (Wildman–Crippen MR) is 70.8 cm³/mol. The van der Waals surface area contributed by atoms with Gasteiger partial charge < -0.3 is 10.8 Å². The van der Waals surface area contributed by atoms with Crippen LogP contribution in [-0.2, 0) is 0 Å². The normalized spacial score (nSPS) is 48.5. The van der Waals surface area contributed by atoms with Gasteiger partial charge in [-0.05, 0) is 44.4 Å². The van der Waals surface area contributed by atoms with Crippen molar-refractivity contribution in [1.29, 1.82) is 0 Å². The van der Waals surface area contributed by atoms with Crippen LogP contribution in [0.4, 0.5) is 0 Å². The number of aliphatic hydroxyl groups excluding tert-OH is 1. The number of nitrogens with two attached hydrogens (primary N) is 1. The minimum absolute atomic E-state index is 0.136. The van der Waals surface area contributed by atoms with E-state index in [1.165, 1.54) is 13.0 Å². The molecule has 0 aromatic heterocycles. The maximum atomic E-state index is 9.37. The summed E-state index contributed by atoms with van der Waals surface area (Å²) in [4.78, 5) is 2.66. The van der Waals surface area contributed by atoms with Crippen molar-refractivity contribution in [2.24, 2.45) is 17.6 Å². The lowest BCUT2D eigenvalue weighted by molar-refractivity contribution is 0.0385. The highest BCUT2D eigenvalue weighted by Gasteiger charge is 2.41. The zero-order valence-electron chi connectivity index (χ0n) is 11.5. The number of hydrogen-bond acceptors (Lipinski definition) is 3. The first-order valence-corrected chi connectivity index (χ1v) is 7.10. The molecule has 2 fully saturated rings. The topological polar surface area (TPSA) is 49.5 Å². The Bertz CT molecular complexity index is 271. The summed E-state index contributed by atoms with van der Waals surface area (Å²) < 4.78 is 0. The smallest absolute Gasteiger partial charge is 0.0611 e. The highest BCUT2D eigenvalue weighted by Crippen LogP contribution is 2.36. The van der Waals surface area contributed by atoms with Crippen molar-refractivity contribution in [3.8, 4) is 0 Å². The molecule has 0 bridgehead atoms. The molecule has 0 radical (unpaired) electrons. The van der Waals surface area contributed by atoms with Crippen LogP contribution in [0.2, 0.25) is 0 Å². The SMILES string of the molecule is CC1CC(C)C(C)N(C2CCC(N)(CO)C2)C1. The van der Waals surface area contributed by atoms with Gasteiger partial charge >= 0.3 is 0 Å². The average molecular weight is 240 g/mol. The number of hydrogen-bond donors (Lipinski definition) is 2. The molecule has 3 N–H and O–H groups in total. The van der Waals surface area contributed by atoms with Crippen LogP contribution in [0, 0.1) is 11.8 Å². The van der Waals surface area contributed by atoms with Crippen molar-refractivity contribution in [3.63, 3.8) is 0 Å². The Morgan fingerprint density at radius 1 is 1.35 bits per heavy atom. The molecule has 2 rings (SSSR count). The fraction of sp³-hybridized carbons (Fsp3) is 1.00. The van der Waals surface area contributed by atoms with Crippen LogP contribution in [-0.4, -0.2) is 40.8 Å². The number of nitrogens with zero attached hydrogens (tertiary/aromatic N) is 1.